The van der Waals surface area contributed by atoms with E-state index >= 15 is 0 Å². The molecule has 10 heteroatoms. The Hall–Kier alpha value is -1.26. The van der Waals surface area contributed by atoms with Crippen molar-refractivity contribution < 1.29 is 23.0 Å². The predicted octanol–water partition coefficient (Wildman–Crippen LogP) is 5.46. The number of ether oxygens (including phenoxy) is 1. The van der Waals surface area contributed by atoms with E-state index < -0.39 is 11.7 Å². The summed E-state index contributed by atoms with van der Waals surface area (Å²) < 4.78 is 45.4. The zero-order valence-electron chi connectivity index (χ0n) is 19.3. The van der Waals surface area contributed by atoms with E-state index in [2.05, 4.69) is 15.9 Å². The molecule has 0 aliphatic carbocycles. The molecule has 1 saturated heterocycles. The van der Waals surface area contributed by atoms with Crippen LogP contribution in [0.4, 0.5) is 13.2 Å². The van der Waals surface area contributed by atoms with Gasteiger partial charge in [0, 0.05) is 49.1 Å². The van der Waals surface area contributed by atoms with Crippen LogP contribution in [0.25, 0.3) is 5.57 Å². The van der Waals surface area contributed by atoms with E-state index in [1.54, 1.807) is 6.07 Å². The van der Waals surface area contributed by atoms with Crippen LogP contribution in [0.1, 0.15) is 23.1 Å². The first-order chi connectivity index (χ1) is 16.0. The van der Waals surface area contributed by atoms with E-state index in [1.165, 1.54) is 23.9 Å². The number of benzene rings is 2. The molecule has 1 N–H and O–H groups in total. The fourth-order valence-electron chi connectivity index (χ4n) is 4.26. The molecule has 0 atom stereocenters. The minimum atomic E-state index is -4.36. The third-order valence-corrected chi connectivity index (χ3v) is 7.19. The number of piperazine rings is 1. The van der Waals surface area contributed by atoms with Crippen LogP contribution in [-0.2, 0) is 10.9 Å². The molecule has 2 aromatic carbocycles. The van der Waals surface area contributed by atoms with Gasteiger partial charge in [-0.25, -0.2) is 0 Å². The Bertz CT molecular complexity index is 983. The number of nitrogens with zero attached hydrogens (tertiary/aromatic N) is 2. The summed E-state index contributed by atoms with van der Waals surface area (Å²) in [5.74, 6) is 0. The van der Waals surface area contributed by atoms with Gasteiger partial charge in [-0.2, -0.15) is 13.2 Å². The Labute approximate surface area is 221 Å². The molecule has 4 nitrogen and oxygen atoms in total. The average Bonchev–Trinajstić information content (AvgIpc) is 2.81. The highest BCUT2D eigenvalue weighted by atomic mass is 35.5. The fourth-order valence-corrected chi connectivity index (χ4v) is 5.34. The molecule has 0 amide bonds. The lowest BCUT2D eigenvalue weighted by molar-refractivity contribution is -0.137. The van der Waals surface area contributed by atoms with Gasteiger partial charge in [-0.1, -0.05) is 36.0 Å². The first kappa shape index (κ1) is 30.0. The van der Waals surface area contributed by atoms with Crippen LogP contribution in [0, 0.1) is 0 Å². The minimum Gasteiger partial charge on any atom is -0.394 e. The number of alkyl halides is 3. The van der Waals surface area contributed by atoms with Crippen LogP contribution in [0.5, 0.6) is 0 Å². The Morgan fingerprint density at radius 3 is 2.23 bits per heavy atom. The van der Waals surface area contributed by atoms with Crippen molar-refractivity contribution in [1.29, 1.82) is 0 Å². The fraction of sp³-hybridized carbons (Fsp3) is 0.440. The number of aliphatic hydroxyl groups is 1. The SMILES string of the molecule is Cl.Cl.OCCOCCN1CCN(CC/C=C2\c3ccccc3Sc3ccc(C(F)(F)F)cc32)CC1. The Kier molecular flexibility index (Phi) is 11.9. The van der Waals surface area contributed by atoms with Gasteiger partial charge in [0.15, 0.2) is 0 Å². The van der Waals surface area contributed by atoms with Gasteiger partial charge in [0.2, 0.25) is 0 Å². The second-order valence-electron chi connectivity index (χ2n) is 8.23. The molecule has 4 rings (SSSR count). The Morgan fingerprint density at radius 1 is 0.886 bits per heavy atom. The van der Waals surface area contributed by atoms with Crippen molar-refractivity contribution in [1.82, 2.24) is 9.80 Å². The molecule has 194 valence electrons. The summed E-state index contributed by atoms with van der Waals surface area (Å²) >= 11 is 1.53. The van der Waals surface area contributed by atoms with Crippen molar-refractivity contribution in [3.8, 4) is 0 Å². The van der Waals surface area contributed by atoms with Crippen molar-refractivity contribution in [2.24, 2.45) is 0 Å². The summed E-state index contributed by atoms with van der Waals surface area (Å²) in [5, 5.41) is 8.77. The van der Waals surface area contributed by atoms with Gasteiger partial charge < -0.3 is 14.7 Å². The van der Waals surface area contributed by atoms with Crippen molar-refractivity contribution in [3.05, 3.63) is 65.2 Å². The minimum absolute atomic E-state index is 0. The van der Waals surface area contributed by atoms with E-state index in [0.717, 1.165) is 66.6 Å². The maximum absolute atomic E-state index is 13.4. The second-order valence-corrected chi connectivity index (χ2v) is 9.32. The van der Waals surface area contributed by atoms with Gasteiger partial charge in [0.1, 0.15) is 0 Å². The number of rotatable bonds is 8. The number of halogens is 5. The first-order valence-corrected chi connectivity index (χ1v) is 12.1. The van der Waals surface area contributed by atoms with Gasteiger partial charge in [0.05, 0.1) is 25.4 Å². The molecule has 2 aliphatic rings. The molecular formula is C25H31Cl2F3N2O2S. The highest BCUT2D eigenvalue weighted by molar-refractivity contribution is 7.99. The third kappa shape index (κ3) is 7.86. The summed E-state index contributed by atoms with van der Waals surface area (Å²) in [5.41, 5.74) is 1.96. The predicted molar refractivity (Wildman–Crippen MR) is 139 cm³/mol. The topological polar surface area (TPSA) is 35.9 Å². The summed E-state index contributed by atoms with van der Waals surface area (Å²) in [4.78, 5) is 6.70. The van der Waals surface area contributed by atoms with Gasteiger partial charge in [-0.3, -0.25) is 4.90 Å². The number of fused-ring (bicyclic) bond motifs is 2. The molecule has 0 bridgehead atoms. The molecule has 2 heterocycles. The number of aliphatic hydroxyl groups excluding tert-OH is 1. The standard InChI is InChI=1S/C25H29F3N2O2S.2ClH/c26-25(27,28)19-7-8-24-22(18-19)20(21-4-1-2-6-23(21)33-24)5-3-9-29-10-12-30(13-11-29)14-16-32-17-15-31;;/h1-2,4-8,18,31H,3,9-17H2;2*1H/b20-5+;;. The molecule has 2 aliphatic heterocycles. The zero-order chi connectivity index (χ0) is 23.3. The maximum Gasteiger partial charge on any atom is 0.416 e. The average molecular weight is 552 g/mol. The largest absolute Gasteiger partial charge is 0.416 e. The lowest BCUT2D eigenvalue weighted by Gasteiger charge is -2.34. The molecule has 1 fully saturated rings. The number of hydrogen-bond donors (Lipinski definition) is 1. The van der Waals surface area contributed by atoms with Crippen molar-refractivity contribution in [2.75, 3.05) is 59.1 Å². The van der Waals surface area contributed by atoms with Crippen molar-refractivity contribution in [3.63, 3.8) is 0 Å². The molecular weight excluding hydrogens is 520 g/mol. The van der Waals surface area contributed by atoms with E-state index in [1.807, 2.05) is 24.3 Å². The third-order valence-electron chi connectivity index (χ3n) is 6.04. The number of hydrogen-bond acceptors (Lipinski definition) is 5. The highest BCUT2D eigenvalue weighted by Gasteiger charge is 2.32. The lowest BCUT2D eigenvalue weighted by Crippen LogP contribution is -2.47. The molecule has 0 saturated carbocycles. The lowest BCUT2D eigenvalue weighted by atomic mass is 9.94. The van der Waals surface area contributed by atoms with E-state index in [0.29, 0.717) is 18.8 Å². The molecule has 0 aromatic heterocycles. The van der Waals surface area contributed by atoms with Gasteiger partial charge in [-0.15, -0.1) is 24.8 Å². The second kappa shape index (κ2) is 13.9. The van der Waals surface area contributed by atoms with Gasteiger partial charge in [-0.05, 0) is 47.4 Å². The summed E-state index contributed by atoms with van der Waals surface area (Å²) in [6, 6.07) is 12.0. The van der Waals surface area contributed by atoms with Crippen LogP contribution in [0.15, 0.2) is 58.3 Å². The van der Waals surface area contributed by atoms with Crippen LogP contribution in [0.2, 0.25) is 0 Å². The van der Waals surface area contributed by atoms with Crippen LogP contribution < -0.4 is 0 Å². The van der Waals surface area contributed by atoms with E-state index in [4.69, 9.17) is 9.84 Å². The first-order valence-electron chi connectivity index (χ1n) is 11.3. The van der Waals surface area contributed by atoms with Crippen LogP contribution >= 0.6 is 36.6 Å². The van der Waals surface area contributed by atoms with Gasteiger partial charge >= 0.3 is 6.18 Å². The van der Waals surface area contributed by atoms with Crippen LogP contribution in [-0.4, -0.2) is 74.0 Å². The highest BCUT2D eigenvalue weighted by Crippen LogP contribution is 2.47. The summed E-state index contributed by atoms with van der Waals surface area (Å²) in [6.07, 6.45) is -1.47. The molecule has 0 radical (unpaired) electrons. The van der Waals surface area contributed by atoms with Crippen molar-refractivity contribution >= 4 is 42.1 Å². The quantitative estimate of drug-likeness (QED) is 0.377. The molecule has 2 aromatic rings. The molecule has 35 heavy (non-hydrogen) atoms. The van der Waals surface area contributed by atoms with Gasteiger partial charge in [0.25, 0.3) is 0 Å². The van der Waals surface area contributed by atoms with Crippen LogP contribution in [0.3, 0.4) is 0 Å². The molecule has 0 spiro atoms. The normalized spacial score (nSPS) is 17.3. The summed E-state index contributed by atoms with van der Waals surface area (Å²) in [6.45, 7) is 6.66. The maximum atomic E-state index is 13.4. The van der Waals surface area contributed by atoms with E-state index in [-0.39, 0.29) is 31.4 Å². The smallest absolute Gasteiger partial charge is 0.394 e. The monoisotopic (exact) mass is 550 g/mol. The Morgan fingerprint density at radius 2 is 1.54 bits per heavy atom. The Balaban J connectivity index is 0.00000216. The summed E-state index contributed by atoms with van der Waals surface area (Å²) in [7, 11) is 0. The van der Waals surface area contributed by atoms with Crippen molar-refractivity contribution in [2.45, 2.75) is 22.4 Å². The van der Waals surface area contributed by atoms with E-state index in [9.17, 15) is 13.2 Å². The zero-order valence-corrected chi connectivity index (χ0v) is 21.7. The molecule has 0 unspecified atom stereocenters.